The van der Waals surface area contributed by atoms with Crippen LogP contribution in [0.25, 0.3) is 0 Å². The van der Waals surface area contributed by atoms with E-state index in [0.29, 0.717) is 0 Å². The maximum atomic E-state index is 6.25. The van der Waals surface area contributed by atoms with Crippen LogP contribution in [0, 0.1) is 0 Å². The Labute approximate surface area is 144 Å². The van der Waals surface area contributed by atoms with Gasteiger partial charge in [0.05, 0.1) is 14.3 Å². The Morgan fingerprint density at radius 1 is 1.00 bits per heavy atom. The predicted octanol–water partition coefficient (Wildman–Crippen LogP) is 6.28. The average Bonchev–Trinajstić information content (AvgIpc) is 2.43. The molecule has 1 aromatic rings. The van der Waals surface area contributed by atoms with Crippen LogP contribution < -0.4 is 0 Å². The minimum Gasteiger partial charge on any atom is -0.544 e. The second kappa shape index (κ2) is 8.02. The van der Waals surface area contributed by atoms with Gasteiger partial charge in [0.25, 0.3) is 0 Å². The van der Waals surface area contributed by atoms with Gasteiger partial charge in [-0.15, -0.1) is 0 Å². The van der Waals surface area contributed by atoms with Crippen molar-refractivity contribution in [3.8, 4) is 0 Å². The summed E-state index contributed by atoms with van der Waals surface area (Å²) in [5, 5.41) is 0. The first-order valence-electron chi connectivity index (χ1n) is 8.27. The molecule has 0 saturated heterocycles. The second-order valence-corrected chi connectivity index (χ2v) is 17.6. The third kappa shape index (κ3) is 6.79. The normalized spacial score (nSPS) is 15.3. The highest BCUT2D eigenvalue weighted by atomic mass is 28.4. The van der Waals surface area contributed by atoms with E-state index < -0.39 is 16.4 Å². The summed E-state index contributed by atoms with van der Waals surface area (Å²) in [4.78, 5) is 0. The number of rotatable bonds is 7. The first kappa shape index (κ1) is 19.8. The molecule has 0 heterocycles. The summed E-state index contributed by atoms with van der Waals surface area (Å²) in [6, 6.07) is 10.5. The van der Waals surface area contributed by atoms with Crippen molar-refractivity contribution in [2.75, 3.05) is 0 Å². The smallest absolute Gasteiger partial charge is 0.242 e. The van der Waals surface area contributed by atoms with Crippen LogP contribution in [0.3, 0.4) is 0 Å². The Hall–Kier alpha value is -1.27. The zero-order valence-corrected chi connectivity index (χ0v) is 17.9. The SMILES string of the molecule is C/C=C(O[Si](C)(C)C)/C(C)=C/OC(c1ccccc1)[Si](C)(C)C. The number of hydrogen-bond acceptors (Lipinski definition) is 2. The van der Waals surface area contributed by atoms with Gasteiger partial charge in [-0.25, -0.2) is 0 Å². The summed E-state index contributed by atoms with van der Waals surface area (Å²) in [6.07, 6.45) is 3.91. The molecule has 0 fully saturated rings. The van der Waals surface area contributed by atoms with Gasteiger partial charge in [-0.3, -0.25) is 0 Å². The molecule has 0 aliphatic rings. The second-order valence-electron chi connectivity index (χ2n) is 7.96. The van der Waals surface area contributed by atoms with Crippen molar-refractivity contribution in [3.63, 3.8) is 0 Å². The highest BCUT2D eigenvalue weighted by molar-refractivity contribution is 6.77. The molecule has 0 N–H and O–H groups in total. The minimum absolute atomic E-state index is 0.142. The van der Waals surface area contributed by atoms with E-state index in [-0.39, 0.29) is 5.73 Å². The molecule has 128 valence electrons. The maximum absolute atomic E-state index is 6.25. The Morgan fingerprint density at radius 3 is 2.00 bits per heavy atom. The van der Waals surface area contributed by atoms with E-state index in [1.807, 2.05) is 25.3 Å². The lowest BCUT2D eigenvalue weighted by atomic mass is 10.2. The van der Waals surface area contributed by atoms with Crippen LogP contribution in [0.1, 0.15) is 25.1 Å². The fraction of sp³-hybridized carbons (Fsp3) is 0.474. The molecule has 1 unspecified atom stereocenters. The van der Waals surface area contributed by atoms with Gasteiger partial charge in [0, 0.05) is 5.57 Å². The van der Waals surface area contributed by atoms with Crippen LogP contribution in [0.4, 0.5) is 0 Å². The van der Waals surface area contributed by atoms with Crippen molar-refractivity contribution in [1.29, 1.82) is 0 Å². The van der Waals surface area contributed by atoms with E-state index >= 15 is 0 Å². The van der Waals surface area contributed by atoms with Crippen molar-refractivity contribution < 1.29 is 9.16 Å². The van der Waals surface area contributed by atoms with E-state index in [1.54, 1.807) is 0 Å². The molecule has 0 saturated carbocycles. The summed E-state index contributed by atoms with van der Waals surface area (Å²) in [7, 11) is -3.12. The molecule has 4 heteroatoms. The molecule has 0 aliphatic carbocycles. The van der Waals surface area contributed by atoms with E-state index in [1.165, 1.54) is 5.56 Å². The number of ether oxygens (including phenoxy) is 1. The van der Waals surface area contributed by atoms with Gasteiger partial charge in [0.15, 0.2) is 0 Å². The van der Waals surface area contributed by atoms with E-state index in [0.717, 1.165) is 11.3 Å². The van der Waals surface area contributed by atoms with E-state index in [4.69, 9.17) is 9.16 Å². The summed E-state index contributed by atoms with van der Waals surface area (Å²) in [6.45, 7) is 17.7. The molecule has 2 nitrogen and oxygen atoms in total. The van der Waals surface area contributed by atoms with Crippen molar-refractivity contribution >= 4 is 16.4 Å². The topological polar surface area (TPSA) is 18.5 Å². The molecule has 0 amide bonds. The van der Waals surface area contributed by atoms with Crippen LogP contribution >= 0.6 is 0 Å². The lowest BCUT2D eigenvalue weighted by Gasteiger charge is -2.29. The van der Waals surface area contributed by atoms with Crippen LogP contribution in [-0.2, 0) is 9.16 Å². The monoisotopic (exact) mass is 348 g/mol. The molecule has 0 bridgehead atoms. The van der Waals surface area contributed by atoms with Gasteiger partial charge in [-0.1, -0.05) is 50.0 Å². The number of allylic oxidation sites excluding steroid dienone is 2. The zero-order valence-electron chi connectivity index (χ0n) is 15.9. The van der Waals surface area contributed by atoms with Crippen LogP contribution in [0.2, 0.25) is 39.3 Å². The summed E-state index contributed by atoms with van der Waals surface area (Å²) in [5.74, 6) is 0.937. The molecule has 23 heavy (non-hydrogen) atoms. The largest absolute Gasteiger partial charge is 0.544 e. The minimum atomic E-state index is -1.62. The Bertz CT molecular complexity index is 549. The van der Waals surface area contributed by atoms with Gasteiger partial charge in [-0.2, -0.15) is 0 Å². The molecule has 1 aromatic carbocycles. The highest BCUT2D eigenvalue weighted by Gasteiger charge is 2.29. The predicted molar refractivity (Wildman–Crippen MR) is 106 cm³/mol. The summed E-state index contributed by atoms with van der Waals surface area (Å²) < 4.78 is 12.4. The summed E-state index contributed by atoms with van der Waals surface area (Å²) >= 11 is 0. The first-order valence-corrected chi connectivity index (χ1v) is 15.3. The molecule has 0 radical (unpaired) electrons. The molecular formula is C19H32O2Si2. The van der Waals surface area contributed by atoms with E-state index in [9.17, 15) is 0 Å². The number of hydrogen-bond donors (Lipinski definition) is 0. The van der Waals surface area contributed by atoms with Crippen LogP contribution in [0.15, 0.2) is 54.0 Å². The van der Waals surface area contributed by atoms with Crippen LogP contribution in [-0.4, -0.2) is 16.4 Å². The third-order valence-corrected chi connectivity index (χ3v) is 6.21. The van der Waals surface area contributed by atoms with Crippen molar-refractivity contribution in [2.45, 2.75) is 58.9 Å². The molecule has 1 rings (SSSR count). The Morgan fingerprint density at radius 2 is 1.57 bits per heavy atom. The molecule has 0 spiro atoms. The molecule has 1 atom stereocenters. The van der Waals surface area contributed by atoms with Crippen molar-refractivity contribution in [2.24, 2.45) is 0 Å². The van der Waals surface area contributed by atoms with Crippen molar-refractivity contribution in [3.05, 3.63) is 59.6 Å². The lowest BCUT2D eigenvalue weighted by Crippen LogP contribution is -2.32. The average molecular weight is 349 g/mol. The van der Waals surface area contributed by atoms with Crippen molar-refractivity contribution in [1.82, 2.24) is 0 Å². The fourth-order valence-electron chi connectivity index (χ4n) is 2.34. The maximum Gasteiger partial charge on any atom is 0.242 e. The third-order valence-electron chi connectivity index (χ3n) is 3.34. The zero-order chi connectivity index (χ0) is 17.7. The van der Waals surface area contributed by atoms with Gasteiger partial charge in [0.2, 0.25) is 8.32 Å². The molecular weight excluding hydrogens is 316 g/mol. The molecule has 0 aliphatic heterocycles. The summed E-state index contributed by atoms with van der Waals surface area (Å²) in [5.41, 5.74) is 2.45. The van der Waals surface area contributed by atoms with Gasteiger partial charge < -0.3 is 9.16 Å². The van der Waals surface area contributed by atoms with Gasteiger partial charge in [0.1, 0.15) is 11.5 Å². The standard InChI is InChI=1S/C19H32O2Si2/c1-9-18(21-23(6,7)8)16(2)15-20-19(22(3,4)5)17-13-11-10-12-14-17/h9-15,19H,1-8H3/b16-15+,18-9-. The van der Waals surface area contributed by atoms with Gasteiger partial charge in [-0.05, 0) is 45.1 Å². The highest BCUT2D eigenvalue weighted by Crippen LogP contribution is 2.29. The first-order chi connectivity index (χ1) is 10.5. The molecule has 0 aromatic heterocycles. The van der Waals surface area contributed by atoms with Crippen LogP contribution in [0.5, 0.6) is 0 Å². The Balaban J connectivity index is 2.97. The fourth-order valence-corrected chi connectivity index (χ4v) is 4.94. The number of benzene rings is 1. The van der Waals surface area contributed by atoms with E-state index in [2.05, 4.69) is 70.5 Å². The van der Waals surface area contributed by atoms with Gasteiger partial charge >= 0.3 is 0 Å². The quantitative estimate of drug-likeness (QED) is 0.328. The lowest BCUT2D eigenvalue weighted by molar-refractivity contribution is 0.205. The Kier molecular flexibility index (Phi) is 6.90.